The second-order valence-electron chi connectivity index (χ2n) is 1.76. The third-order valence-electron chi connectivity index (χ3n) is 0.913. The van der Waals surface area contributed by atoms with Crippen LogP contribution in [0.1, 0.15) is 0 Å². The molecule has 5 nitrogen and oxygen atoms in total. The highest BCUT2D eigenvalue weighted by molar-refractivity contribution is 7.11. The summed E-state index contributed by atoms with van der Waals surface area (Å²) in [6, 6.07) is 0. The van der Waals surface area contributed by atoms with Crippen LogP contribution in [-0.2, 0) is 4.79 Å². The van der Waals surface area contributed by atoms with Gasteiger partial charge in [-0.1, -0.05) is 11.3 Å². The lowest BCUT2D eigenvalue weighted by atomic mass is 10.6. The Morgan fingerprint density at radius 2 is 2.55 bits per heavy atom. The van der Waals surface area contributed by atoms with Gasteiger partial charge in [0, 0.05) is 5.38 Å². The van der Waals surface area contributed by atoms with Gasteiger partial charge in [0.25, 0.3) is 5.19 Å². The highest BCUT2D eigenvalue weighted by Gasteiger charge is 2.00. The lowest BCUT2D eigenvalue weighted by molar-refractivity contribution is -0.134. The molecule has 0 aliphatic carbocycles. The Kier molecular flexibility index (Phi) is 2.27. The van der Waals surface area contributed by atoms with E-state index in [0.29, 0.717) is 5.82 Å². The third kappa shape index (κ3) is 2.42. The number of carbonyl (C=O) groups is 1. The first kappa shape index (κ1) is 7.80. The molecule has 0 fully saturated rings. The molecule has 0 saturated heterocycles. The van der Waals surface area contributed by atoms with Crippen LogP contribution in [0.4, 0.5) is 5.82 Å². The van der Waals surface area contributed by atoms with Crippen LogP contribution in [0.5, 0.6) is 5.19 Å². The van der Waals surface area contributed by atoms with Crippen molar-refractivity contribution >= 4 is 23.1 Å². The van der Waals surface area contributed by atoms with Gasteiger partial charge >= 0.3 is 5.97 Å². The molecule has 6 heteroatoms. The van der Waals surface area contributed by atoms with E-state index in [2.05, 4.69) is 10.3 Å². The fourth-order valence-corrected chi connectivity index (χ4v) is 1.02. The van der Waals surface area contributed by atoms with Gasteiger partial charge in [0.15, 0.2) is 0 Å². The summed E-state index contributed by atoms with van der Waals surface area (Å²) in [5.74, 6) is -0.576. The largest absolute Gasteiger partial charge is 0.486 e. The van der Waals surface area contributed by atoms with Crippen molar-refractivity contribution in [1.82, 2.24) is 4.98 Å². The maximum atomic E-state index is 10.0. The van der Waals surface area contributed by atoms with Crippen LogP contribution >= 0.6 is 11.3 Å². The van der Waals surface area contributed by atoms with Crippen molar-refractivity contribution in [2.75, 3.05) is 11.9 Å². The number of hydrogen-bond donors (Lipinski definition) is 3. The second kappa shape index (κ2) is 3.20. The summed E-state index contributed by atoms with van der Waals surface area (Å²) >= 11 is 1.05. The first-order valence-electron chi connectivity index (χ1n) is 2.78. The Morgan fingerprint density at radius 3 is 3.00 bits per heavy atom. The SMILES string of the molecule is O=C(O)CNc1csc(O)n1. The zero-order valence-corrected chi connectivity index (χ0v) is 6.26. The van der Waals surface area contributed by atoms with Crippen LogP contribution < -0.4 is 5.32 Å². The molecule has 0 unspecified atom stereocenters. The summed E-state index contributed by atoms with van der Waals surface area (Å²) < 4.78 is 0. The minimum Gasteiger partial charge on any atom is -0.486 e. The van der Waals surface area contributed by atoms with Gasteiger partial charge in [-0.25, -0.2) is 0 Å². The molecular formula is C5H6N2O3S. The Hall–Kier alpha value is -1.30. The number of rotatable bonds is 3. The molecule has 0 radical (unpaired) electrons. The summed E-state index contributed by atoms with van der Waals surface area (Å²) in [5, 5.41) is 20.9. The molecule has 0 bridgehead atoms. The molecule has 1 rings (SSSR count). The van der Waals surface area contributed by atoms with Gasteiger partial charge in [0.2, 0.25) is 0 Å². The fourth-order valence-electron chi connectivity index (χ4n) is 0.512. The summed E-state index contributed by atoms with van der Waals surface area (Å²) in [5.41, 5.74) is 0. The minimum atomic E-state index is -0.961. The normalized spacial score (nSPS) is 9.45. The topological polar surface area (TPSA) is 82.5 Å². The summed E-state index contributed by atoms with van der Waals surface area (Å²) in [7, 11) is 0. The molecular weight excluding hydrogens is 168 g/mol. The molecule has 60 valence electrons. The quantitative estimate of drug-likeness (QED) is 0.615. The molecule has 3 N–H and O–H groups in total. The van der Waals surface area contributed by atoms with Crippen LogP contribution in [0.2, 0.25) is 0 Å². The first-order valence-corrected chi connectivity index (χ1v) is 3.66. The van der Waals surface area contributed by atoms with E-state index in [1.165, 1.54) is 5.38 Å². The average Bonchev–Trinajstić information content (AvgIpc) is 2.31. The standard InChI is InChI=1S/C5H6N2O3S/c8-4(9)1-6-3-2-11-5(10)7-3/h2,6H,1H2,(H,7,10)(H,8,9). The number of carboxylic acids is 1. The number of nitrogens with one attached hydrogen (secondary N) is 1. The van der Waals surface area contributed by atoms with Crippen molar-refractivity contribution in [3.05, 3.63) is 5.38 Å². The van der Waals surface area contributed by atoms with E-state index in [1.54, 1.807) is 0 Å². The zero-order valence-electron chi connectivity index (χ0n) is 5.44. The lowest BCUT2D eigenvalue weighted by Crippen LogP contribution is -2.12. The number of carboxylic acid groups (broad SMARTS) is 1. The van der Waals surface area contributed by atoms with Gasteiger partial charge in [-0.15, -0.1) is 0 Å². The number of nitrogens with zero attached hydrogens (tertiary/aromatic N) is 1. The summed E-state index contributed by atoms with van der Waals surface area (Å²) in [6.07, 6.45) is 0. The average molecular weight is 174 g/mol. The van der Waals surface area contributed by atoms with Gasteiger partial charge in [0.05, 0.1) is 0 Å². The van der Waals surface area contributed by atoms with Gasteiger partial charge in [-0.05, 0) is 0 Å². The molecule has 0 aliphatic heterocycles. The van der Waals surface area contributed by atoms with E-state index >= 15 is 0 Å². The van der Waals surface area contributed by atoms with E-state index in [4.69, 9.17) is 10.2 Å². The molecule has 11 heavy (non-hydrogen) atoms. The van der Waals surface area contributed by atoms with Gasteiger partial charge in [0.1, 0.15) is 12.4 Å². The Bertz CT molecular complexity index is 260. The maximum absolute atomic E-state index is 10.0. The fraction of sp³-hybridized carbons (Fsp3) is 0.200. The predicted octanol–water partition coefficient (Wildman–Crippen LogP) is 0.345. The number of aromatic hydroxyl groups is 1. The molecule has 1 aromatic heterocycles. The van der Waals surface area contributed by atoms with Crippen molar-refractivity contribution in [3.8, 4) is 5.19 Å². The summed E-state index contributed by atoms with van der Waals surface area (Å²) in [6.45, 7) is -0.191. The van der Waals surface area contributed by atoms with Crippen molar-refractivity contribution in [2.24, 2.45) is 0 Å². The number of hydrogen-bond acceptors (Lipinski definition) is 5. The molecule has 0 amide bonds. The van der Waals surface area contributed by atoms with Crippen LogP contribution in [0.3, 0.4) is 0 Å². The van der Waals surface area contributed by atoms with E-state index in [-0.39, 0.29) is 11.7 Å². The first-order chi connectivity index (χ1) is 5.18. The van der Waals surface area contributed by atoms with Crippen molar-refractivity contribution in [3.63, 3.8) is 0 Å². The molecule has 0 saturated carbocycles. The number of aliphatic carboxylic acids is 1. The van der Waals surface area contributed by atoms with Crippen molar-refractivity contribution in [2.45, 2.75) is 0 Å². The highest BCUT2D eigenvalue weighted by atomic mass is 32.1. The van der Waals surface area contributed by atoms with Crippen molar-refractivity contribution < 1.29 is 15.0 Å². The van der Waals surface area contributed by atoms with Crippen LogP contribution in [0.15, 0.2) is 5.38 Å². The molecule has 0 aliphatic rings. The number of anilines is 1. The molecule has 0 atom stereocenters. The molecule has 0 aromatic carbocycles. The number of aromatic nitrogens is 1. The lowest BCUT2D eigenvalue weighted by Gasteiger charge is -1.94. The third-order valence-corrected chi connectivity index (χ3v) is 1.56. The van der Waals surface area contributed by atoms with E-state index in [9.17, 15) is 4.79 Å². The molecule has 1 aromatic rings. The smallest absolute Gasteiger partial charge is 0.322 e. The van der Waals surface area contributed by atoms with Crippen molar-refractivity contribution in [1.29, 1.82) is 0 Å². The Balaban J connectivity index is 2.45. The van der Waals surface area contributed by atoms with E-state index in [1.807, 2.05) is 0 Å². The number of thiazole rings is 1. The zero-order chi connectivity index (χ0) is 8.27. The van der Waals surface area contributed by atoms with Crippen LogP contribution in [0, 0.1) is 0 Å². The Labute approximate surface area is 66.3 Å². The second-order valence-corrected chi connectivity index (χ2v) is 2.60. The minimum absolute atomic E-state index is 0.0714. The van der Waals surface area contributed by atoms with E-state index < -0.39 is 5.97 Å². The molecule has 1 heterocycles. The maximum Gasteiger partial charge on any atom is 0.322 e. The van der Waals surface area contributed by atoms with Crippen LogP contribution in [-0.4, -0.2) is 27.7 Å². The monoisotopic (exact) mass is 174 g/mol. The van der Waals surface area contributed by atoms with Gasteiger partial charge in [-0.2, -0.15) is 4.98 Å². The van der Waals surface area contributed by atoms with Crippen LogP contribution in [0.25, 0.3) is 0 Å². The van der Waals surface area contributed by atoms with E-state index in [0.717, 1.165) is 11.3 Å². The summed E-state index contributed by atoms with van der Waals surface area (Å²) in [4.78, 5) is 13.6. The predicted molar refractivity (Wildman–Crippen MR) is 39.9 cm³/mol. The van der Waals surface area contributed by atoms with Gasteiger partial charge in [-0.3, -0.25) is 4.79 Å². The Morgan fingerprint density at radius 1 is 1.82 bits per heavy atom. The molecule has 0 spiro atoms. The van der Waals surface area contributed by atoms with Gasteiger partial charge < -0.3 is 15.5 Å². The highest BCUT2D eigenvalue weighted by Crippen LogP contribution is 2.18.